The fourth-order valence-corrected chi connectivity index (χ4v) is 2.23. The van der Waals surface area contributed by atoms with Gasteiger partial charge in [-0.3, -0.25) is 9.59 Å². The second-order valence-corrected chi connectivity index (χ2v) is 5.43. The summed E-state index contributed by atoms with van der Waals surface area (Å²) in [6.07, 6.45) is 6.12. The van der Waals surface area contributed by atoms with Crippen LogP contribution in [-0.4, -0.2) is 23.5 Å². The quantitative estimate of drug-likeness (QED) is 0.457. The van der Waals surface area contributed by atoms with Crippen LogP contribution in [0.1, 0.15) is 68.6 Å². The minimum Gasteiger partial charge on any atom is -0.493 e. The van der Waals surface area contributed by atoms with Crippen molar-refractivity contribution in [1.29, 1.82) is 0 Å². The lowest BCUT2D eigenvalue weighted by Crippen LogP contribution is -2.05. The highest BCUT2D eigenvalue weighted by Gasteiger charge is 2.12. The van der Waals surface area contributed by atoms with Gasteiger partial charge in [-0.1, -0.05) is 38.3 Å². The van der Waals surface area contributed by atoms with E-state index in [1.165, 1.54) is 12.8 Å². The van der Waals surface area contributed by atoms with E-state index in [9.17, 15) is 9.59 Å². The summed E-state index contributed by atoms with van der Waals surface area (Å²) in [5, 5.41) is 8.59. The minimum atomic E-state index is -0.816. The predicted molar refractivity (Wildman–Crippen MR) is 86.5 cm³/mol. The summed E-state index contributed by atoms with van der Waals surface area (Å²) in [5.74, 6) is -0.153. The number of benzene rings is 1. The first-order valence-corrected chi connectivity index (χ1v) is 8.12. The van der Waals surface area contributed by atoms with Crippen LogP contribution >= 0.6 is 0 Å². The summed E-state index contributed by atoms with van der Waals surface area (Å²) in [7, 11) is 0. The van der Waals surface area contributed by atoms with Gasteiger partial charge in [0.1, 0.15) is 5.75 Å². The van der Waals surface area contributed by atoms with E-state index < -0.39 is 5.97 Å². The molecule has 0 heterocycles. The smallest absolute Gasteiger partial charge is 0.303 e. The molecule has 0 atom stereocenters. The lowest BCUT2D eigenvalue weighted by atomic mass is 10.0. The van der Waals surface area contributed by atoms with Gasteiger partial charge in [0, 0.05) is 12.8 Å². The van der Waals surface area contributed by atoms with E-state index in [1.54, 1.807) is 6.07 Å². The number of ketones is 1. The standard InChI is InChI=1S/C18H26O4/c1-2-3-4-9-14-22-17-12-7-5-10-15(17)16(19)11-6-8-13-18(20)21/h5,7,10,12H,2-4,6,8-9,11,13-14H2,1H3,(H,20,21). The fraction of sp³-hybridized carbons (Fsp3) is 0.556. The molecule has 0 fully saturated rings. The van der Waals surface area contributed by atoms with Crippen molar-refractivity contribution in [2.45, 2.75) is 58.3 Å². The highest BCUT2D eigenvalue weighted by Crippen LogP contribution is 2.21. The highest BCUT2D eigenvalue weighted by molar-refractivity contribution is 5.98. The first kappa shape index (κ1) is 18.2. The minimum absolute atomic E-state index is 0.0227. The molecule has 0 aliphatic rings. The Morgan fingerprint density at radius 3 is 2.45 bits per heavy atom. The van der Waals surface area contributed by atoms with Gasteiger partial charge in [-0.25, -0.2) is 0 Å². The largest absolute Gasteiger partial charge is 0.493 e. The molecule has 0 spiro atoms. The number of rotatable bonds is 12. The van der Waals surface area contributed by atoms with Crippen molar-refractivity contribution in [3.05, 3.63) is 29.8 Å². The molecule has 4 heteroatoms. The van der Waals surface area contributed by atoms with Gasteiger partial charge >= 0.3 is 5.97 Å². The molecule has 0 radical (unpaired) electrons. The average molecular weight is 306 g/mol. The predicted octanol–water partition coefficient (Wildman–Crippen LogP) is 4.47. The fourth-order valence-electron chi connectivity index (χ4n) is 2.23. The number of carboxylic acids is 1. The van der Waals surface area contributed by atoms with Crippen LogP contribution in [0.4, 0.5) is 0 Å². The van der Waals surface area contributed by atoms with Gasteiger partial charge in [-0.15, -0.1) is 0 Å². The van der Waals surface area contributed by atoms with Gasteiger partial charge in [0.2, 0.25) is 0 Å². The monoisotopic (exact) mass is 306 g/mol. The number of carboxylic acid groups (broad SMARTS) is 1. The molecule has 22 heavy (non-hydrogen) atoms. The van der Waals surface area contributed by atoms with Crippen molar-refractivity contribution < 1.29 is 19.4 Å². The van der Waals surface area contributed by atoms with Crippen molar-refractivity contribution in [2.24, 2.45) is 0 Å². The highest BCUT2D eigenvalue weighted by atomic mass is 16.5. The Morgan fingerprint density at radius 1 is 1.00 bits per heavy atom. The topological polar surface area (TPSA) is 63.6 Å². The molecular weight excluding hydrogens is 280 g/mol. The van der Waals surface area contributed by atoms with E-state index in [-0.39, 0.29) is 12.2 Å². The lowest BCUT2D eigenvalue weighted by Gasteiger charge is -2.10. The van der Waals surface area contributed by atoms with Crippen molar-refractivity contribution in [2.75, 3.05) is 6.61 Å². The lowest BCUT2D eigenvalue weighted by molar-refractivity contribution is -0.137. The molecule has 1 aromatic rings. The van der Waals surface area contributed by atoms with Crippen molar-refractivity contribution in [3.8, 4) is 5.75 Å². The summed E-state index contributed by atoms with van der Waals surface area (Å²) in [6, 6.07) is 7.29. The SMILES string of the molecule is CCCCCCOc1ccccc1C(=O)CCCCC(=O)O. The molecule has 0 amide bonds. The zero-order chi connectivity index (χ0) is 16.2. The van der Waals surface area contributed by atoms with Gasteiger partial charge in [0.25, 0.3) is 0 Å². The molecule has 0 bridgehead atoms. The van der Waals surface area contributed by atoms with Crippen LogP contribution in [0.15, 0.2) is 24.3 Å². The zero-order valence-corrected chi connectivity index (χ0v) is 13.3. The van der Waals surface area contributed by atoms with Gasteiger partial charge in [-0.2, -0.15) is 0 Å². The van der Waals surface area contributed by atoms with E-state index in [0.29, 0.717) is 37.2 Å². The van der Waals surface area contributed by atoms with Gasteiger partial charge in [-0.05, 0) is 31.4 Å². The number of Topliss-reactive ketones (excluding diaryl/α,β-unsaturated/α-hetero) is 1. The second kappa shape index (κ2) is 10.8. The summed E-state index contributed by atoms with van der Waals surface area (Å²) in [4.78, 5) is 22.7. The number of carbonyl (C=O) groups excluding carboxylic acids is 1. The molecule has 0 aliphatic heterocycles. The van der Waals surface area contributed by atoms with Crippen LogP contribution in [0.5, 0.6) is 5.75 Å². The maximum atomic E-state index is 12.2. The second-order valence-electron chi connectivity index (χ2n) is 5.43. The van der Waals surface area contributed by atoms with E-state index in [2.05, 4.69) is 6.92 Å². The van der Waals surface area contributed by atoms with E-state index in [0.717, 1.165) is 12.8 Å². The molecule has 0 unspecified atom stereocenters. The Bertz CT molecular complexity index is 468. The first-order valence-electron chi connectivity index (χ1n) is 8.12. The number of aliphatic carboxylic acids is 1. The van der Waals surface area contributed by atoms with Gasteiger partial charge < -0.3 is 9.84 Å². The Morgan fingerprint density at radius 2 is 1.73 bits per heavy atom. The maximum Gasteiger partial charge on any atom is 0.303 e. The third-order valence-electron chi connectivity index (χ3n) is 3.49. The van der Waals surface area contributed by atoms with E-state index in [4.69, 9.17) is 9.84 Å². The van der Waals surface area contributed by atoms with Crippen molar-refractivity contribution in [1.82, 2.24) is 0 Å². The van der Waals surface area contributed by atoms with Crippen molar-refractivity contribution >= 4 is 11.8 Å². The molecule has 4 nitrogen and oxygen atoms in total. The van der Waals surface area contributed by atoms with E-state index in [1.807, 2.05) is 18.2 Å². The van der Waals surface area contributed by atoms with Crippen LogP contribution in [0.2, 0.25) is 0 Å². The molecule has 1 aromatic carbocycles. The average Bonchev–Trinajstić information content (AvgIpc) is 2.51. The van der Waals surface area contributed by atoms with Crippen LogP contribution < -0.4 is 4.74 Å². The molecule has 122 valence electrons. The molecular formula is C18H26O4. The molecule has 0 saturated heterocycles. The summed E-state index contributed by atoms with van der Waals surface area (Å²) < 4.78 is 5.73. The summed E-state index contributed by atoms with van der Waals surface area (Å²) >= 11 is 0. The molecule has 0 aliphatic carbocycles. The normalized spacial score (nSPS) is 10.4. The van der Waals surface area contributed by atoms with Crippen LogP contribution in [0.3, 0.4) is 0 Å². The number of carbonyl (C=O) groups is 2. The summed E-state index contributed by atoms with van der Waals surface area (Å²) in [6.45, 7) is 2.79. The number of ether oxygens (including phenoxy) is 1. The summed E-state index contributed by atoms with van der Waals surface area (Å²) in [5.41, 5.74) is 0.605. The third kappa shape index (κ3) is 7.25. The Balaban J connectivity index is 2.44. The Hall–Kier alpha value is -1.84. The Labute approximate surface area is 132 Å². The number of hydrogen-bond donors (Lipinski definition) is 1. The van der Waals surface area contributed by atoms with E-state index >= 15 is 0 Å². The molecule has 1 N–H and O–H groups in total. The Kier molecular flexibility index (Phi) is 8.96. The van der Waals surface area contributed by atoms with Crippen LogP contribution in [0, 0.1) is 0 Å². The molecule has 0 aromatic heterocycles. The third-order valence-corrected chi connectivity index (χ3v) is 3.49. The van der Waals surface area contributed by atoms with Crippen LogP contribution in [0.25, 0.3) is 0 Å². The molecule has 1 rings (SSSR count). The maximum absolute atomic E-state index is 12.2. The number of unbranched alkanes of at least 4 members (excludes halogenated alkanes) is 4. The first-order chi connectivity index (χ1) is 10.6. The van der Waals surface area contributed by atoms with Gasteiger partial charge in [0.15, 0.2) is 5.78 Å². The van der Waals surface area contributed by atoms with Crippen molar-refractivity contribution in [3.63, 3.8) is 0 Å². The number of para-hydroxylation sites is 1. The van der Waals surface area contributed by atoms with Gasteiger partial charge in [0.05, 0.1) is 12.2 Å². The molecule has 0 saturated carbocycles. The van der Waals surface area contributed by atoms with Crippen LogP contribution in [-0.2, 0) is 4.79 Å². The number of hydrogen-bond acceptors (Lipinski definition) is 3. The zero-order valence-electron chi connectivity index (χ0n) is 13.3.